The van der Waals surface area contributed by atoms with Gasteiger partial charge in [0.25, 0.3) is 0 Å². The average molecular weight is 357 g/mol. The van der Waals surface area contributed by atoms with E-state index in [1.807, 2.05) is 47.3 Å². The van der Waals surface area contributed by atoms with Crippen molar-refractivity contribution in [3.8, 4) is 16.9 Å². The molecule has 3 rings (SSSR count). The third-order valence-electron chi connectivity index (χ3n) is 4.08. The maximum absolute atomic E-state index is 10.6. The Bertz CT molecular complexity index is 982. The number of rotatable bonds is 6. The van der Waals surface area contributed by atoms with Crippen molar-refractivity contribution in [1.29, 1.82) is 0 Å². The Hall–Kier alpha value is -2.44. The number of aryl methyl sites for hydroxylation is 1. The SMILES string of the molecule is COc1ccc2cc(-c3cc[n+](CCCS(=O)(=O)[O-])cc3)ccc2c1. The third-order valence-corrected chi connectivity index (χ3v) is 4.87. The number of hydrogen-bond acceptors (Lipinski definition) is 4. The molecular weight excluding hydrogens is 338 g/mol. The smallest absolute Gasteiger partial charge is 0.169 e. The van der Waals surface area contributed by atoms with Gasteiger partial charge in [0.05, 0.1) is 17.2 Å². The maximum Gasteiger partial charge on any atom is 0.169 e. The summed E-state index contributed by atoms with van der Waals surface area (Å²) in [7, 11) is -2.49. The molecule has 0 saturated heterocycles. The molecule has 0 radical (unpaired) electrons. The molecule has 0 amide bonds. The van der Waals surface area contributed by atoms with Gasteiger partial charge in [-0.2, -0.15) is 0 Å². The van der Waals surface area contributed by atoms with Crippen molar-refractivity contribution in [3.63, 3.8) is 0 Å². The van der Waals surface area contributed by atoms with Crippen LogP contribution < -0.4 is 9.30 Å². The van der Waals surface area contributed by atoms with E-state index in [1.54, 1.807) is 7.11 Å². The van der Waals surface area contributed by atoms with Gasteiger partial charge in [-0.05, 0) is 40.1 Å². The largest absolute Gasteiger partial charge is 0.748 e. The van der Waals surface area contributed by atoms with Gasteiger partial charge in [-0.15, -0.1) is 0 Å². The first-order valence-electron chi connectivity index (χ1n) is 7.95. The molecule has 0 aliphatic rings. The van der Waals surface area contributed by atoms with Crippen LogP contribution >= 0.6 is 0 Å². The number of fused-ring (bicyclic) bond motifs is 1. The van der Waals surface area contributed by atoms with E-state index in [1.165, 1.54) is 0 Å². The zero-order chi connectivity index (χ0) is 17.9. The van der Waals surface area contributed by atoms with E-state index < -0.39 is 10.1 Å². The van der Waals surface area contributed by atoms with Crippen LogP contribution in [0.25, 0.3) is 21.9 Å². The summed E-state index contributed by atoms with van der Waals surface area (Å²) >= 11 is 0. The van der Waals surface area contributed by atoms with Crippen molar-refractivity contribution in [1.82, 2.24) is 0 Å². The highest BCUT2D eigenvalue weighted by atomic mass is 32.2. The second kappa shape index (κ2) is 7.21. The van der Waals surface area contributed by atoms with Crippen molar-refractivity contribution >= 4 is 20.9 Å². The molecule has 1 aromatic heterocycles. The van der Waals surface area contributed by atoms with Gasteiger partial charge < -0.3 is 9.29 Å². The molecule has 3 aromatic rings. The first-order valence-corrected chi connectivity index (χ1v) is 9.53. The van der Waals surface area contributed by atoms with Crippen LogP contribution in [-0.4, -0.2) is 25.8 Å². The fourth-order valence-corrected chi connectivity index (χ4v) is 3.24. The molecule has 130 valence electrons. The number of benzene rings is 2. The zero-order valence-electron chi connectivity index (χ0n) is 13.9. The van der Waals surface area contributed by atoms with E-state index in [9.17, 15) is 13.0 Å². The molecular formula is C19H19NO4S. The molecule has 0 spiro atoms. The fourth-order valence-electron chi connectivity index (χ4n) is 2.75. The molecule has 0 saturated carbocycles. The van der Waals surface area contributed by atoms with Gasteiger partial charge in [0.15, 0.2) is 12.4 Å². The lowest BCUT2D eigenvalue weighted by molar-refractivity contribution is -0.696. The molecule has 2 aromatic carbocycles. The predicted molar refractivity (Wildman–Crippen MR) is 95.3 cm³/mol. The highest BCUT2D eigenvalue weighted by Gasteiger charge is 2.06. The van der Waals surface area contributed by atoms with Crippen molar-refractivity contribution in [3.05, 3.63) is 60.9 Å². The molecule has 5 nitrogen and oxygen atoms in total. The molecule has 0 aliphatic heterocycles. The molecule has 0 bridgehead atoms. The van der Waals surface area contributed by atoms with Crippen LogP contribution in [0.4, 0.5) is 0 Å². The lowest BCUT2D eigenvalue weighted by atomic mass is 10.0. The van der Waals surface area contributed by atoms with E-state index in [-0.39, 0.29) is 5.75 Å². The van der Waals surface area contributed by atoms with E-state index in [4.69, 9.17) is 4.74 Å². The van der Waals surface area contributed by atoms with Gasteiger partial charge in [0.2, 0.25) is 0 Å². The summed E-state index contributed by atoms with van der Waals surface area (Å²) in [6.07, 6.45) is 4.10. The van der Waals surface area contributed by atoms with Gasteiger partial charge in [0, 0.05) is 24.3 Å². The zero-order valence-corrected chi connectivity index (χ0v) is 14.7. The summed E-state index contributed by atoms with van der Waals surface area (Å²) in [5.74, 6) is 0.497. The molecule has 0 unspecified atom stereocenters. The monoisotopic (exact) mass is 357 g/mol. The minimum absolute atomic E-state index is 0.313. The Balaban J connectivity index is 1.76. The fraction of sp³-hybridized carbons (Fsp3) is 0.211. The van der Waals surface area contributed by atoms with Crippen LogP contribution in [0.15, 0.2) is 60.9 Å². The Kier molecular flexibility index (Phi) is 5.01. The summed E-state index contributed by atoms with van der Waals surface area (Å²) in [5.41, 5.74) is 2.18. The molecule has 0 fully saturated rings. The van der Waals surface area contributed by atoms with Gasteiger partial charge >= 0.3 is 0 Å². The van der Waals surface area contributed by atoms with Crippen molar-refractivity contribution in [2.24, 2.45) is 0 Å². The van der Waals surface area contributed by atoms with E-state index in [2.05, 4.69) is 18.2 Å². The van der Waals surface area contributed by atoms with E-state index in [0.29, 0.717) is 13.0 Å². The summed E-state index contributed by atoms with van der Waals surface area (Å²) in [6.45, 7) is 0.499. The minimum atomic E-state index is -4.14. The Morgan fingerprint density at radius 2 is 1.64 bits per heavy atom. The quantitative estimate of drug-likeness (QED) is 0.502. The number of hydrogen-bond donors (Lipinski definition) is 0. The first kappa shape index (κ1) is 17.4. The summed E-state index contributed by atoms with van der Waals surface area (Å²) in [4.78, 5) is 0. The van der Waals surface area contributed by atoms with Crippen LogP contribution in [0.3, 0.4) is 0 Å². The van der Waals surface area contributed by atoms with E-state index in [0.717, 1.165) is 27.6 Å². The highest BCUT2D eigenvalue weighted by Crippen LogP contribution is 2.26. The van der Waals surface area contributed by atoms with Gasteiger partial charge in [-0.1, -0.05) is 18.2 Å². The van der Waals surface area contributed by atoms with Crippen LogP contribution in [0.5, 0.6) is 5.75 Å². The van der Waals surface area contributed by atoms with Crippen LogP contribution in [0.1, 0.15) is 6.42 Å². The average Bonchev–Trinajstić information content (AvgIpc) is 2.60. The Morgan fingerprint density at radius 1 is 0.960 bits per heavy atom. The lowest BCUT2D eigenvalue weighted by Crippen LogP contribution is -2.33. The number of ether oxygens (including phenoxy) is 1. The minimum Gasteiger partial charge on any atom is -0.748 e. The Labute approximate surface area is 147 Å². The maximum atomic E-state index is 10.6. The van der Waals surface area contributed by atoms with Crippen molar-refractivity contribution in [2.75, 3.05) is 12.9 Å². The predicted octanol–water partition coefficient (Wildman–Crippen LogP) is 2.74. The standard InChI is InChI=1S/C19H19NO4S/c1-24-19-6-5-17-13-16(3-4-18(17)14-19)15-7-10-20(11-8-15)9-2-12-25(21,22)23/h3-8,10-11,13-14H,2,9,12H2,1H3. The van der Waals surface area contributed by atoms with Gasteiger partial charge in [-0.3, -0.25) is 0 Å². The van der Waals surface area contributed by atoms with Gasteiger partial charge in [0.1, 0.15) is 12.3 Å². The van der Waals surface area contributed by atoms with E-state index >= 15 is 0 Å². The molecule has 0 atom stereocenters. The first-order chi connectivity index (χ1) is 11.9. The van der Waals surface area contributed by atoms with Crippen LogP contribution in [0, 0.1) is 0 Å². The van der Waals surface area contributed by atoms with Crippen molar-refractivity contribution < 1.29 is 22.3 Å². The second-order valence-corrected chi connectivity index (χ2v) is 7.39. The lowest BCUT2D eigenvalue weighted by Gasteiger charge is -2.06. The number of aromatic nitrogens is 1. The highest BCUT2D eigenvalue weighted by molar-refractivity contribution is 7.85. The van der Waals surface area contributed by atoms with Crippen LogP contribution in [-0.2, 0) is 16.7 Å². The van der Waals surface area contributed by atoms with Crippen LogP contribution in [0.2, 0.25) is 0 Å². The van der Waals surface area contributed by atoms with Gasteiger partial charge in [-0.25, -0.2) is 13.0 Å². The summed E-state index contributed by atoms with van der Waals surface area (Å²) in [6, 6.07) is 16.2. The molecule has 0 aliphatic carbocycles. The Morgan fingerprint density at radius 3 is 2.32 bits per heavy atom. The molecule has 25 heavy (non-hydrogen) atoms. The molecule has 0 N–H and O–H groups in total. The number of nitrogens with zero attached hydrogens (tertiary/aromatic N) is 1. The normalized spacial score (nSPS) is 11.6. The number of methoxy groups -OCH3 is 1. The molecule has 1 heterocycles. The summed E-state index contributed by atoms with van der Waals surface area (Å²) < 4.78 is 39.0. The topological polar surface area (TPSA) is 70.3 Å². The third kappa shape index (κ3) is 4.55. The summed E-state index contributed by atoms with van der Waals surface area (Å²) in [5, 5.41) is 2.25. The number of pyridine rings is 1. The van der Waals surface area contributed by atoms with Crippen molar-refractivity contribution in [2.45, 2.75) is 13.0 Å². The second-order valence-electron chi connectivity index (χ2n) is 5.87. The molecule has 6 heteroatoms.